The summed E-state index contributed by atoms with van der Waals surface area (Å²) in [6.07, 6.45) is 0.943. The first-order valence-electron chi connectivity index (χ1n) is 8.80. The molecule has 5 heteroatoms. The minimum Gasteiger partial charge on any atom is -0.444 e. The molecule has 1 aromatic rings. The number of β-amino-alcohol motifs (C(OH)–C–C–N with tert-alkyl or cyclic N) is 1. The van der Waals surface area contributed by atoms with Crippen molar-refractivity contribution in [2.24, 2.45) is 0 Å². The van der Waals surface area contributed by atoms with Gasteiger partial charge >= 0.3 is 6.09 Å². The zero-order valence-corrected chi connectivity index (χ0v) is 14.9. The van der Waals surface area contributed by atoms with Gasteiger partial charge in [-0.15, -0.1) is 0 Å². The van der Waals surface area contributed by atoms with Gasteiger partial charge in [0.25, 0.3) is 0 Å². The highest BCUT2D eigenvalue weighted by molar-refractivity contribution is 5.68. The lowest BCUT2D eigenvalue weighted by Gasteiger charge is -2.43. The maximum Gasteiger partial charge on any atom is 0.410 e. The lowest BCUT2D eigenvalue weighted by molar-refractivity contribution is -0.0324. The monoisotopic (exact) mass is 332 g/mol. The molecule has 2 heterocycles. The van der Waals surface area contributed by atoms with E-state index in [-0.39, 0.29) is 12.1 Å². The van der Waals surface area contributed by atoms with Gasteiger partial charge < -0.3 is 14.7 Å². The maximum atomic E-state index is 12.2. The Morgan fingerprint density at radius 2 is 1.92 bits per heavy atom. The van der Waals surface area contributed by atoms with E-state index in [4.69, 9.17) is 4.74 Å². The second-order valence-electron chi connectivity index (χ2n) is 7.84. The molecule has 132 valence electrons. The molecule has 1 aromatic carbocycles. The van der Waals surface area contributed by atoms with Gasteiger partial charge in [-0.25, -0.2) is 4.79 Å². The Kier molecular flexibility index (Phi) is 4.83. The number of ether oxygens (including phenoxy) is 1. The van der Waals surface area contributed by atoms with Crippen LogP contribution in [0.15, 0.2) is 24.3 Å². The van der Waals surface area contributed by atoms with E-state index in [0.717, 1.165) is 25.9 Å². The van der Waals surface area contributed by atoms with Crippen LogP contribution in [0.4, 0.5) is 4.79 Å². The van der Waals surface area contributed by atoms with Gasteiger partial charge in [0, 0.05) is 25.7 Å². The lowest BCUT2D eigenvalue weighted by atomic mass is 9.94. The summed E-state index contributed by atoms with van der Waals surface area (Å²) in [6, 6.07) is 8.63. The topological polar surface area (TPSA) is 53.0 Å². The molecule has 1 N–H and O–H groups in total. The zero-order chi connectivity index (χ0) is 17.3. The summed E-state index contributed by atoms with van der Waals surface area (Å²) in [4.78, 5) is 16.2. The SMILES string of the molecule is CC(C)(C)OC(=O)N1CCC(N2CCc3ccccc3C2)C(O)C1. The largest absolute Gasteiger partial charge is 0.444 e. The standard InChI is InChI=1S/C19H28N2O3/c1-19(2,3)24-18(23)21-11-9-16(17(22)13-21)20-10-8-14-6-4-5-7-15(14)12-20/h4-7,16-17,22H,8-13H2,1-3H3. The number of rotatable bonds is 1. The molecule has 1 fully saturated rings. The third-order valence-electron chi connectivity index (χ3n) is 4.83. The minimum atomic E-state index is -0.531. The normalized spacial score (nSPS) is 25.2. The van der Waals surface area contributed by atoms with Crippen LogP contribution >= 0.6 is 0 Å². The smallest absolute Gasteiger partial charge is 0.410 e. The number of carbonyl (C=O) groups excluding carboxylic acids is 1. The first kappa shape index (κ1) is 17.2. The van der Waals surface area contributed by atoms with Crippen molar-refractivity contribution in [2.75, 3.05) is 19.6 Å². The fourth-order valence-electron chi connectivity index (χ4n) is 3.64. The summed E-state index contributed by atoms with van der Waals surface area (Å²) >= 11 is 0. The predicted molar refractivity (Wildman–Crippen MR) is 92.8 cm³/mol. The first-order valence-corrected chi connectivity index (χ1v) is 8.80. The summed E-state index contributed by atoms with van der Waals surface area (Å²) in [5.74, 6) is 0. The Bertz CT molecular complexity index is 597. The van der Waals surface area contributed by atoms with E-state index in [0.29, 0.717) is 13.1 Å². The third-order valence-corrected chi connectivity index (χ3v) is 4.83. The molecule has 0 aliphatic carbocycles. The van der Waals surface area contributed by atoms with Crippen LogP contribution in [-0.4, -0.2) is 58.4 Å². The molecule has 24 heavy (non-hydrogen) atoms. The van der Waals surface area contributed by atoms with Crippen LogP contribution in [0.3, 0.4) is 0 Å². The quantitative estimate of drug-likeness (QED) is 0.858. The van der Waals surface area contributed by atoms with Crippen molar-refractivity contribution < 1.29 is 14.6 Å². The average Bonchev–Trinajstić information content (AvgIpc) is 2.52. The third kappa shape index (κ3) is 3.90. The molecule has 3 rings (SSSR count). The number of nitrogens with zero attached hydrogens (tertiary/aromatic N) is 2. The fraction of sp³-hybridized carbons (Fsp3) is 0.632. The number of aliphatic hydroxyl groups is 1. The molecular weight excluding hydrogens is 304 g/mol. The molecule has 2 unspecified atom stereocenters. The van der Waals surface area contributed by atoms with E-state index >= 15 is 0 Å². The van der Waals surface area contributed by atoms with Crippen molar-refractivity contribution >= 4 is 6.09 Å². The van der Waals surface area contributed by atoms with Crippen LogP contribution in [0.2, 0.25) is 0 Å². The Hall–Kier alpha value is -1.59. The van der Waals surface area contributed by atoms with Crippen LogP contribution in [0.25, 0.3) is 0 Å². The van der Waals surface area contributed by atoms with Gasteiger partial charge in [0.05, 0.1) is 12.6 Å². The number of fused-ring (bicyclic) bond motifs is 1. The van der Waals surface area contributed by atoms with Gasteiger partial charge in [0.2, 0.25) is 0 Å². The Balaban J connectivity index is 1.60. The zero-order valence-electron chi connectivity index (χ0n) is 14.9. The molecule has 2 aliphatic rings. The van der Waals surface area contributed by atoms with E-state index in [1.54, 1.807) is 4.90 Å². The van der Waals surface area contributed by atoms with Crippen molar-refractivity contribution in [3.05, 3.63) is 35.4 Å². The molecule has 0 saturated carbocycles. The molecule has 0 bridgehead atoms. The summed E-state index contributed by atoms with van der Waals surface area (Å²) < 4.78 is 5.41. The summed E-state index contributed by atoms with van der Waals surface area (Å²) in [5.41, 5.74) is 2.26. The van der Waals surface area contributed by atoms with Crippen LogP contribution in [0, 0.1) is 0 Å². The van der Waals surface area contributed by atoms with Crippen LogP contribution in [-0.2, 0) is 17.7 Å². The van der Waals surface area contributed by atoms with Gasteiger partial charge in [-0.2, -0.15) is 0 Å². The fourth-order valence-corrected chi connectivity index (χ4v) is 3.64. The summed E-state index contributed by atoms with van der Waals surface area (Å²) in [6.45, 7) is 8.40. The molecule has 2 atom stereocenters. The number of piperidine rings is 1. The van der Waals surface area contributed by atoms with Crippen molar-refractivity contribution in [3.8, 4) is 0 Å². The maximum absolute atomic E-state index is 12.2. The number of benzene rings is 1. The number of amides is 1. The van der Waals surface area contributed by atoms with E-state index < -0.39 is 11.7 Å². The highest BCUT2D eigenvalue weighted by Gasteiger charge is 2.36. The average molecular weight is 332 g/mol. The second kappa shape index (κ2) is 6.73. The summed E-state index contributed by atoms with van der Waals surface area (Å²) in [5, 5.41) is 10.6. The summed E-state index contributed by atoms with van der Waals surface area (Å²) in [7, 11) is 0. The lowest BCUT2D eigenvalue weighted by Crippen LogP contribution is -2.56. The Morgan fingerprint density at radius 1 is 1.21 bits per heavy atom. The van der Waals surface area contributed by atoms with E-state index in [9.17, 15) is 9.90 Å². The molecule has 5 nitrogen and oxygen atoms in total. The second-order valence-corrected chi connectivity index (χ2v) is 7.84. The van der Waals surface area contributed by atoms with Gasteiger partial charge in [-0.3, -0.25) is 4.90 Å². The van der Waals surface area contributed by atoms with Gasteiger partial charge in [0.15, 0.2) is 0 Å². The minimum absolute atomic E-state index is 0.108. The highest BCUT2D eigenvalue weighted by Crippen LogP contribution is 2.25. The number of hydrogen-bond acceptors (Lipinski definition) is 4. The highest BCUT2D eigenvalue weighted by atomic mass is 16.6. The number of likely N-dealkylation sites (tertiary alicyclic amines) is 1. The Labute approximate surface area is 144 Å². The van der Waals surface area contributed by atoms with Crippen molar-refractivity contribution in [1.29, 1.82) is 0 Å². The molecular formula is C19H28N2O3. The molecule has 0 aromatic heterocycles. The van der Waals surface area contributed by atoms with Crippen molar-refractivity contribution in [3.63, 3.8) is 0 Å². The van der Waals surface area contributed by atoms with Gasteiger partial charge in [0.1, 0.15) is 5.60 Å². The molecule has 1 amide bonds. The van der Waals surface area contributed by atoms with Crippen LogP contribution < -0.4 is 0 Å². The van der Waals surface area contributed by atoms with E-state index in [2.05, 4.69) is 29.2 Å². The predicted octanol–water partition coefficient (Wildman–Crippen LogP) is 2.42. The van der Waals surface area contributed by atoms with E-state index in [1.807, 2.05) is 20.8 Å². The van der Waals surface area contributed by atoms with Crippen LogP contribution in [0.5, 0.6) is 0 Å². The first-order chi connectivity index (χ1) is 11.3. The van der Waals surface area contributed by atoms with Crippen molar-refractivity contribution in [2.45, 2.75) is 57.9 Å². The van der Waals surface area contributed by atoms with Gasteiger partial charge in [-0.05, 0) is 44.7 Å². The Morgan fingerprint density at radius 3 is 2.58 bits per heavy atom. The molecule has 2 aliphatic heterocycles. The van der Waals surface area contributed by atoms with E-state index in [1.165, 1.54) is 11.1 Å². The molecule has 0 radical (unpaired) electrons. The number of aliphatic hydroxyl groups excluding tert-OH is 1. The van der Waals surface area contributed by atoms with Crippen molar-refractivity contribution in [1.82, 2.24) is 9.80 Å². The number of hydrogen-bond donors (Lipinski definition) is 1. The van der Waals surface area contributed by atoms with Crippen LogP contribution in [0.1, 0.15) is 38.3 Å². The number of carbonyl (C=O) groups is 1. The molecule has 0 spiro atoms. The van der Waals surface area contributed by atoms with Gasteiger partial charge in [-0.1, -0.05) is 24.3 Å². The molecule has 1 saturated heterocycles.